The maximum Gasteiger partial charge on any atom is 0.331 e. The lowest BCUT2D eigenvalue weighted by molar-refractivity contribution is 0.249. The van der Waals surface area contributed by atoms with Gasteiger partial charge in [0, 0.05) is 11.0 Å². The molecular weight excluding hydrogens is 408 g/mol. The molecule has 5 heteroatoms. The summed E-state index contributed by atoms with van der Waals surface area (Å²) in [7, 11) is 0. The molecule has 138 valence electrons. The molecule has 0 fully saturated rings. The number of urea groups is 1. The Morgan fingerprint density at radius 2 is 1.77 bits per heavy atom. The fourth-order valence-electron chi connectivity index (χ4n) is 3.41. The second-order valence-electron chi connectivity index (χ2n) is 6.78. The zero-order valence-corrected chi connectivity index (χ0v) is 17.6. The molecule has 0 aliphatic heterocycles. The number of benzene rings is 2. The molecule has 0 atom stereocenters. The second kappa shape index (κ2) is 8.96. The van der Waals surface area contributed by atoms with Crippen molar-refractivity contribution in [3.8, 4) is 11.1 Å². The molecule has 3 rings (SSSR count). The van der Waals surface area contributed by atoms with Gasteiger partial charge in [-0.15, -0.1) is 0 Å². The van der Waals surface area contributed by atoms with Crippen molar-refractivity contribution in [3.05, 3.63) is 52.0 Å². The molecule has 26 heavy (non-hydrogen) atoms. The molecule has 0 aromatic heterocycles. The first-order chi connectivity index (χ1) is 12.6. The number of thiol groups is 1. The number of hydrogen-bond donors (Lipinski definition) is 2. The molecule has 0 bridgehead atoms. The molecule has 3 nitrogen and oxygen atoms in total. The predicted octanol–water partition coefficient (Wildman–Crippen LogP) is 6.35. The van der Waals surface area contributed by atoms with Crippen molar-refractivity contribution in [2.24, 2.45) is 0 Å². The number of halogens is 1. The molecule has 2 aromatic rings. The van der Waals surface area contributed by atoms with Crippen molar-refractivity contribution in [1.82, 2.24) is 5.32 Å². The Kier molecular flexibility index (Phi) is 6.65. The molecule has 0 saturated carbocycles. The van der Waals surface area contributed by atoms with E-state index in [2.05, 4.69) is 71.3 Å². The summed E-state index contributed by atoms with van der Waals surface area (Å²) >= 11 is 7.94. The minimum Gasteiger partial charge on any atom is -0.337 e. The molecule has 1 aliphatic rings. The SMILES string of the molecule is CCCCCCCNC(=O)N(S)c1ccc2c(c1)Cc1cc(Br)ccc1-2. The Morgan fingerprint density at radius 1 is 1.08 bits per heavy atom. The van der Waals surface area contributed by atoms with Crippen LogP contribution in [0.1, 0.15) is 50.2 Å². The zero-order chi connectivity index (χ0) is 18.5. The summed E-state index contributed by atoms with van der Waals surface area (Å²) in [5, 5.41) is 2.95. The van der Waals surface area contributed by atoms with Gasteiger partial charge >= 0.3 is 6.03 Å². The van der Waals surface area contributed by atoms with Crippen molar-refractivity contribution in [3.63, 3.8) is 0 Å². The Bertz CT molecular complexity index is 794. The number of fused-ring (bicyclic) bond motifs is 3. The van der Waals surface area contributed by atoms with E-state index in [1.54, 1.807) is 0 Å². The summed E-state index contributed by atoms with van der Waals surface area (Å²) in [4.78, 5) is 12.3. The largest absolute Gasteiger partial charge is 0.337 e. The van der Waals surface area contributed by atoms with Gasteiger partial charge in [0.2, 0.25) is 0 Å². The third-order valence-corrected chi connectivity index (χ3v) is 5.73. The Hall–Kier alpha value is -1.46. The summed E-state index contributed by atoms with van der Waals surface area (Å²) in [5.41, 5.74) is 5.88. The number of hydrogen-bond acceptors (Lipinski definition) is 2. The van der Waals surface area contributed by atoms with Gasteiger partial charge in [0.1, 0.15) is 0 Å². The van der Waals surface area contributed by atoms with Crippen molar-refractivity contribution in [2.45, 2.75) is 45.4 Å². The first kappa shape index (κ1) is 19.3. The quantitative estimate of drug-likeness (QED) is 0.330. The van der Waals surface area contributed by atoms with Gasteiger partial charge in [0.15, 0.2) is 0 Å². The number of unbranched alkanes of at least 4 members (excludes halogenated alkanes) is 4. The molecule has 2 aromatic carbocycles. The van der Waals surface area contributed by atoms with E-state index in [9.17, 15) is 4.79 Å². The van der Waals surface area contributed by atoms with Crippen LogP contribution in [0.25, 0.3) is 11.1 Å². The Morgan fingerprint density at radius 3 is 2.54 bits per heavy atom. The monoisotopic (exact) mass is 432 g/mol. The van der Waals surface area contributed by atoms with Crippen LogP contribution in [0.5, 0.6) is 0 Å². The fourth-order valence-corrected chi connectivity index (χ4v) is 4.02. The molecule has 1 aliphatic carbocycles. The lowest BCUT2D eigenvalue weighted by Gasteiger charge is -2.17. The van der Waals surface area contributed by atoms with Crippen molar-refractivity contribution in [2.75, 3.05) is 10.8 Å². The van der Waals surface area contributed by atoms with Gasteiger partial charge in [0.25, 0.3) is 0 Å². The minimum absolute atomic E-state index is 0.165. The first-order valence-corrected chi connectivity index (χ1v) is 10.5. The minimum atomic E-state index is -0.165. The number of rotatable bonds is 7. The highest BCUT2D eigenvalue weighted by atomic mass is 79.9. The summed E-state index contributed by atoms with van der Waals surface area (Å²) in [6.07, 6.45) is 6.79. The molecular formula is C21H25BrN2OS. The number of carbonyl (C=O) groups is 1. The van der Waals surface area contributed by atoms with Gasteiger partial charge in [-0.25, -0.2) is 9.10 Å². The van der Waals surface area contributed by atoms with Crippen LogP contribution in [-0.4, -0.2) is 12.6 Å². The highest BCUT2D eigenvalue weighted by Crippen LogP contribution is 2.39. The van der Waals surface area contributed by atoms with Crippen molar-refractivity contribution < 1.29 is 4.79 Å². The highest BCUT2D eigenvalue weighted by molar-refractivity contribution is 9.10. The van der Waals surface area contributed by atoms with Gasteiger partial charge < -0.3 is 5.32 Å². The summed E-state index contributed by atoms with van der Waals surface area (Å²) in [6.45, 7) is 2.90. The smallest absolute Gasteiger partial charge is 0.331 e. The van der Waals surface area contributed by atoms with Crippen LogP contribution in [0.3, 0.4) is 0 Å². The van der Waals surface area contributed by atoms with Gasteiger partial charge in [-0.2, -0.15) is 0 Å². The fraction of sp³-hybridized carbons (Fsp3) is 0.381. The van der Waals surface area contributed by atoms with Crippen LogP contribution in [0.4, 0.5) is 10.5 Å². The predicted molar refractivity (Wildman–Crippen MR) is 116 cm³/mol. The second-order valence-corrected chi connectivity index (χ2v) is 8.09. The summed E-state index contributed by atoms with van der Waals surface area (Å²) in [6, 6.07) is 12.3. The maximum atomic E-state index is 12.3. The van der Waals surface area contributed by atoms with E-state index in [1.807, 2.05) is 6.07 Å². The molecule has 1 N–H and O–H groups in total. The van der Waals surface area contributed by atoms with Gasteiger partial charge in [-0.1, -0.05) is 73.5 Å². The molecule has 0 radical (unpaired) electrons. The van der Waals surface area contributed by atoms with E-state index >= 15 is 0 Å². The van der Waals surface area contributed by atoms with E-state index in [0.29, 0.717) is 6.54 Å². The molecule has 0 saturated heterocycles. The van der Waals surface area contributed by atoms with Crippen LogP contribution in [-0.2, 0) is 6.42 Å². The first-order valence-electron chi connectivity index (χ1n) is 9.28. The summed E-state index contributed by atoms with van der Waals surface area (Å²) < 4.78 is 2.50. The average Bonchev–Trinajstić information content (AvgIpc) is 3.00. The van der Waals surface area contributed by atoms with Crippen LogP contribution in [0, 0.1) is 0 Å². The standard InChI is InChI=1S/C21H25BrN2OS/c1-2-3-4-5-6-11-23-21(25)24(26)18-8-10-20-16(14-18)12-15-13-17(22)7-9-19(15)20/h7-10,13-14,26H,2-6,11-12H2,1H3,(H,23,25). The van der Waals surface area contributed by atoms with E-state index in [4.69, 9.17) is 0 Å². The number of anilines is 1. The number of nitrogens with zero attached hydrogens (tertiary/aromatic N) is 1. The average molecular weight is 433 g/mol. The van der Waals surface area contributed by atoms with Crippen molar-refractivity contribution in [1.29, 1.82) is 0 Å². The molecule has 2 amide bonds. The maximum absolute atomic E-state index is 12.3. The lowest BCUT2D eigenvalue weighted by Crippen LogP contribution is -2.34. The van der Waals surface area contributed by atoms with Gasteiger partial charge in [0.05, 0.1) is 5.69 Å². The third-order valence-electron chi connectivity index (χ3n) is 4.82. The van der Waals surface area contributed by atoms with Crippen LogP contribution in [0.2, 0.25) is 0 Å². The molecule has 0 heterocycles. The highest BCUT2D eigenvalue weighted by Gasteiger charge is 2.20. The Balaban J connectivity index is 1.59. The lowest BCUT2D eigenvalue weighted by atomic mass is 10.1. The normalized spacial score (nSPS) is 11.8. The van der Waals surface area contributed by atoms with Crippen molar-refractivity contribution >= 4 is 40.5 Å². The Labute approximate surface area is 169 Å². The molecule has 0 spiro atoms. The topological polar surface area (TPSA) is 32.3 Å². The van der Waals surface area contributed by atoms with E-state index in [1.165, 1.54) is 45.8 Å². The molecule has 0 unspecified atom stereocenters. The van der Waals surface area contributed by atoms with Crippen LogP contribution >= 0.6 is 28.7 Å². The van der Waals surface area contributed by atoms with Crippen LogP contribution in [0.15, 0.2) is 40.9 Å². The third kappa shape index (κ3) is 4.44. The summed E-state index contributed by atoms with van der Waals surface area (Å²) in [5.74, 6) is 0. The van der Waals surface area contributed by atoms with E-state index in [-0.39, 0.29) is 6.03 Å². The number of carbonyl (C=O) groups excluding carboxylic acids is 1. The van der Waals surface area contributed by atoms with E-state index < -0.39 is 0 Å². The zero-order valence-electron chi connectivity index (χ0n) is 15.1. The van der Waals surface area contributed by atoms with Crippen LogP contribution < -0.4 is 9.62 Å². The number of amides is 2. The number of nitrogens with one attached hydrogen (secondary N) is 1. The van der Waals surface area contributed by atoms with E-state index in [0.717, 1.165) is 29.4 Å². The van der Waals surface area contributed by atoms with Gasteiger partial charge in [-0.3, -0.25) is 0 Å². The van der Waals surface area contributed by atoms with Gasteiger partial charge in [-0.05, 0) is 59.4 Å².